The number of aliphatic hydroxyl groups is 1. The molecule has 0 fully saturated rings. The molecule has 3 aromatic rings. The molecule has 0 aliphatic heterocycles. The summed E-state index contributed by atoms with van der Waals surface area (Å²) < 4.78 is 19.1. The van der Waals surface area contributed by atoms with Gasteiger partial charge in [-0.2, -0.15) is 0 Å². The quantitative estimate of drug-likeness (QED) is 0.389. The van der Waals surface area contributed by atoms with Crippen LogP contribution >= 0.6 is 0 Å². The number of halogens is 1. The summed E-state index contributed by atoms with van der Waals surface area (Å²) in [6, 6.07) is 9.47. The second-order valence-electron chi connectivity index (χ2n) is 7.74. The predicted molar refractivity (Wildman–Crippen MR) is 129 cm³/mol. The van der Waals surface area contributed by atoms with E-state index in [1.54, 1.807) is 30.5 Å². The summed E-state index contributed by atoms with van der Waals surface area (Å²) in [6.45, 7) is 0.421. The lowest BCUT2D eigenvalue weighted by Crippen LogP contribution is -2.27. The highest BCUT2D eigenvalue weighted by atomic mass is 19.1. The summed E-state index contributed by atoms with van der Waals surface area (Å²) in [7, 11) is 1.89. The fourth-order valence-corrected chi connectivity index (χ4v) is 3.80. The normalized spacial score (nSPS) is 13.3. The highest BCUT2D eigenvalue weighted by Gasteiger charge is 2.23. The molecule has 2 heterocycles. The molecule has 1 aliphatic carbocycles. The van der Waals surface area contributed by atoms with E-state index in [2.05, 4.69) is 15.0 Å². The molecule has 4 rings (SSSR count). The van der Waals surface area contributed by atoms with Gasteiger partial charge in [-0.25, -0.2) is 24.3 Å². The molecule has 10 heteroatoms. The first-order valence-corrected chi connectivity index (χ1v) is 11.0. The first-order chi connectivity index (χ1) is 16.6. The van der Waals surface area contributed by atoms with Crippen LogP contribution in [0.25, 0.3) is 11.5 Å². The summed E-state index contributed by atoms with van der Waals surface area (Å²) >= 11 is 0. The van der Waals surface area contributed by atoms with Gasteiger partial charge < -0.3 is 20.5 Å². The predicted octanol–water partition coefficient (Wildman–Crippen LogP) is 2.69. The van der Waals surface area contributed by atoms with E-state index in [-0.39, 0.29) is 19.0 Å². The molecule has 0 bridgehead atoms. The fraction of sp³-hybridized carbons (Fsp3) is 0.292. The molecule has 2 aromatic heterocycles. The number of ether oxygens (including phenoxy) is 1. The molecular weight excluding hydrogens is 437 g/mol. The third-order valence-corrected chi connectivity index (χ3v) is 5.26. The third kappa shape index (κ3) is 5.52. The maximum absolute atomic E-state index is 13.6. The molecule has 9 nitrogen and oxygen atoms in total. The van der Waals surface area contributed by atoms with Gasteiger partial charge in [0.25, 0.3) is 0 Å². The Morgan fingerprint density at radius 1 is 1.26 bits per heavy atom. The number of aromatic nitrogens is 3. The van der Waals surface area contributed by atoms with Crippen LogP contribution in [0.2, 0.25) is 0 Å². The molecule has 1 aliphatic rings. The van der Waals surface area contributed by atoms with Crippen LogP contribution in [0.4, 0.5) is 15.9 Å². The Balaban J connectivity index is 1.66. The number of benzene rings is 1. The molecule has 0 saturated heterocycles. The standard InChI is InChI=1S/C24H26FN7O2/c1-32(14-22(28-15-26)29-17-5-2-4-16(25)12-17)24-19-6-3-7-20(19)30-23(31-24)21-13-18(8-9-27-21)34-11-10-33/h2,4-5,8-9,12-13,15,33H,3,6-7,10-11,14H2,1H3,(H2,26,28,29). The number of nitrogens with two attached hydrogens (primary N) is 1. The van der Waals surface area contributed by atoms with E-state index in [1.165, 1.54) is 18.5 Å². The summed E-state index contributed by atoms with van der Waals surface area (Å²) in [6.07, 6.45) is 5.52. The highest BCUT2D eigenvalue weighted by Crippen LogP contribution is 2.31. The molecule has 3 N–H and O–H groups in total. The molecule has 0 unspecified atom stereocenters. The molecule has 0 amide bonds. The molecule has 1 aromatic carbocycles. The number of hydrogen-bond donors (Lipinski definition) is 2. The Labute approximate surface area is 196 Å². The summed E-state index contributed by atoms with van der Waals surface area (Å²) in [5.41, 5.74) is 8.64. The SMILES string of the molecule is CN(CC(N=CN)=Nc1cccc(F)c1)c1nc(-c2cc(OCCO)ccn2)nc2c1CCC2. The van der Waals surface area contributed by atoms with Crippen molar-refractivity contribution in [1.82, 2.24) is 15.0 Å². The molecule has 0 radical (unpaired) electrons. The number of rotatable bonds is 8. The number of aryl methyl sites for hydroxylation is 1. The highest BCUT2D eigenvalue weighted by molar-refractivity contribution is 5.94. The zero-order valence-corrected chi connectivity index (χ0v) is 18.9. The number of likely N-dealkylation sites (N-methyl/N-ethyl adjacent to an activating group) is 1. The van der Waals surface area contributed by atoms with Crippen LogP contribution in [0.1, 0.15) is 17.7 Å². The zero-order chi connectivity index (χ0) is 23.9. The molecule has 0 atom stereocenters. The number of fused-ring (bicyclic) bond motifs is 1. The van der Waals surface area contributed by atoms with E-state index in [9.17, 15) is 4.39 Å². The van der Waals surface area contributed by atoms with Gasteiger partial charge in [0.2, 0.25) is 0 Å². The van der Waals surface area contributed by atoms with Crippen molar-refractivity contribution < 1.29 is 14.2 Å². The van der Waals surface area contributed by atoms with Crippen molar-refractivity contribution in [2.75, 3.05) is 31.7 Å². The summed E-state index contributed by atoms with van der Waals surface area (Å²) in [4.78, 5) is 24.6. The van der Waals surface area contributed by atoms with E-state index >= 15 is 0 Å². The van der Waals surface area contributed by atoms with E-state index in [1.807, 2.05) is 11.9 Å². The third-order valence-electron chi connectivity index (χ3n) is 5.26. The van der Waals surface area contributed by atoms with Crippen LogP contribution < -0.4 is 15.4 Å². The van der Waals surface area contributed by atoms with Gasteiger partial charge >= 0.3 is 0 Å². The van der Waals surface area contributed by atoms with Gasteiger partial charge in [-0.15, -0.1) is 0 Å². The fourth-order valence-electron chi connectivity index (χ4n) is 3.80. The van der Waals surface area contributed by atoms with E-state index in [4.69, 9.17) is 25.5 Å². The van der Waals surface area contributed by atoms with Crippen molar-refractivity contribution in [3.05, 3.63) is 59.7 Å². The first-order valence-electron chi connectivity index (χ1n) is 11.0. The number of aliphatic hydroxyl groups excluding tert-OH is 1. The van der Waals surface area contributed by atoms with Crippen molar-refractivity contribution in [2.45, 2.75) is 19.3 Å². The molecule has 0 saturated carbocycles. The van der Waals surface area contributed by atoms with Crippen molar-refractivity contribution in [1.29, 1.82) is 0 Å². The van der Waals surface area contributed by atoms with Gasteiger partial charge in [0.15, 0.2) is 5.82 Å². The van der Waals surface area contributed by atoms with Gasteiger partial charge in [-0.1, -0.05) is 6.07 Å². The van der Waals surface area contributed by atoms with Crippen LogP contribution in [-0.2, 0) is 12.8 Å². The Kier molecular flexibility index (Phi) is 7.38. The molecule has 0 spiro atoms. The zero-order valence-electron chi connectivity index (χ0n) is 18.9. The number of hydrogen-bond acceptors (Lipinski definition) is 7. The minimum absolute atomic E-state index is 0.0767. The maximum Gasteiger partial charge on any atom is 0.180 e. The lowest BCUT2D eigenvalue weighted by atomic mass is 10.2. The lowest BCUT2D eigenvalue weighted by Gasteiger charge is -2.21. The van der Waals surface area contributed by atoms with E-state index in [0.29, 0.717) is 35.3 Å². The lowest BCUT2D eigenvalue weighted by molar-refractivity contribution is 0.201. The number of nitrogens with zero attached hydrogens (tertiary/aromatic N) is 6. The Bertz CT molecular complexity index is 1220. The molecule has 176 valence electrons. The minimum Gasteiger partial charge on any atom is -0.491 e. The number of aliphatic imine (C=N–C) groups is 2. The Morgan fingerprint density at radius 2 is 2.15 bits per heavy atom. The number of anilines is 1. The summed E-state index contributed by atoms with van der Waals surface area (Å²) in [5, 5.41) is 9.02. The maximum atomic E-state index is 13.6. The van der Waals surface area contributed by atoms with Crippen LogP contribution in [0, 0.1) is 5.82 Å². The van der Waals surface area contributed by atoms with Gasteiger partial charge in [-0.3, -0.25) is 4.98 Å². The molecule has 34 heavy (non-hydrogen) atoms. The van der Waals surface area contributed by atoms with Gasteiger partial charge in [0, 0.05) is 30.6 Å². The van der Waals surface area contributed by atoms with Gasteiger partial charge in [0.05, 0.1) is 25.2 Å². The Hall–Kier alpha value is -3.92. The van der Waals surface area contributed by atoms with Crippen molar-refractivity contribution >= 4 is 23.7 Å². The van der Waals surface area contributed by atoms with E-state index < -0.39 is 0 Å². The van der Waals surface area contributed by atoms with Crippen molar-refractivity contribution in [3.8, 4) is 17.3 Å². The van der Waals surface area contributed by atoms with Crippen LogP contribution in [0.3, 0.4) is 0 Å². The largest absolute Gasteiger partial charge is 0.491 e. The van der Waals surface area contributed by atoms with Gasteiger partial charge in [0.1, 0.15) is 35.5 Å². The van der Waals surface area contributed by atoms with Crippen molar-refractivity contribution in [3.63, 3.8) is 0 Å². The Morgan fingerprint density at radius 3 is 2.94 bits per heavy atom. The molecular formula is C24H26FN7O2. The number of pyridine rings is 1. The monoisotopic (exact) mass is 463 g/mol. The summed E-state index contributed by atoms with van der Waals surface area (Å²) in [5.74, 6) is 1.88. The second-order valence-corrected chi connectivity index (χ2v) is 7.74. The number of amidine groups is 1. The minimum atomic E-state index is -0.373. The smallest absolute Gasteiger partial charge is 0.180 e. The van der Waals surface area contributed by atoms with Gasteiger partial charge in [-0.05, 0) is 43.5 Å². The second kappa shape index (κ2) is 10.8. The average Bonchev–Trinajstić information content (AvgIpc) is 3.31. The first kappa shape index (κ1) is 23.2. The van der Waals surface area contributed by atoms with Crippen LogP contribution in [-0.4, -0.2) is 59.0 Å². The van der Waals surface area contributed by atoms with Crippen molar-refractivity contribution in [2.24, 2.45) is 15.7 Å². The van der Waals surface area contributed by atoms with Crippen LogP contribution in [0.5, 0.6) is 5.75 Å². The average molecular weight is 464 g/mol. The topological polar surface area (TPSA) is 122 Å². The van der Waals surface area contributed by atoms with E-state index in [0.717, 1.165) is 36.3 Å². The van der Waals surface area contributed by atoms with Crippen LogP contribution in [0.15, 0.2) is 52.6 Å².